The highest BCUT2D eigenvalue weighted by Gasteiger charge is 2.43. The van der Waals surface area contributed by atoms with Crippen LogP contribution in [0.2, 0.25) is 0 Å². The van der Waals surface area contributed by atoms with E-state index >= 15 is 0 Å². The van der Waals surface area contributed by atoms with Gasteiger partial charge in [-0.2, -0.15) is 0 Å². The average Bonchev–Trinajstić information content (AvgIpc) is 2.93. The zero-order chi connectivity index (χ0) is 19.0. The molecule has 3 aliphatic heterocycles. The van der Waals surface area contributed by atoms with Gasteiger partial charge in [0.15, 0.2) is 0 Å². The van der Waals surface area contributed by atoms with Gasteiger partial charge in [-0.1, -0.05) is 12.1 Å². The van der Waals surface area contributed by atoms with Gasteiger partial charge in [0.1, 0.15) is 5.82 Å². The third-order valence-electron chi connectivity index (χ3n) is 6.91. The smallest absolute Gasteiger partial charge is 0.224 e. The molecule has 3 saturated heterocycles. The van der Waals surface area contributed by atoms with E-state index < -0.39 is 0 Å². The van der Waals surface area contributed by atoms with Gasteiger partial charge in [0, 0.05) is 51.2 Å². The summed E-state index contributed by atoms with van der Waals surface area (Å²) in [5, 5.41) is 0. The Balaban J connectivity index is 1.34. The van der Waals surface area contributed by atoms with Crippen LogP contribution >= 0.6 is 0 Å². The lowest BCUT2D eigenvalue weighted by Gasteiger charge is -2.40. The molecule has 27 heavy (non-hydrogen) atoms. The first-order chi connectivity index (χ1) is 13.0. The SMILES string of the molecule is Cc1cc(C2C[C@H]3CC[C@@H](C2)N3C(=O)CCN2CCN(C)CC2)ccc1F. The summed E-state index contributed by atoms with van der Waals surface area (Å²) in [5.41, 5.74) is 1.97. The van der Waals surface area contributed by atoms with Gasteiger partial charge in [-0.3, -0.25) is 4.79 Å². The molecular formula is C22H32FN3O. The van der Waals surface area contributed by atoms with Gasteiger partial charge >= 0.3 is 0 Å². The highest BCUT2D eigenvalue weighted by molar-refractivity contribution is 5.77. The van der Waals surface area contributed by atoms with E-state index in [0.717, 1.165) is 64.0 Å². The van der Waals surface area contributed by atoms with Crippen LogP contribution in [0.5, 0.6) is 0 Å². The van der Waals surface area contributed by atoms with Crippen LogP contribution in [0, 0.1) is 12.7 Å². The average molecular weight is 374 g/mol. The number of nitrogens with zero attached hydrogens (tertiary/aromatic N) is 3. The third kappa shape index (κ3) is 4.04. The fourth-order valence-corrected chi connectivity index (χ4v) is 5.23. The number of piperazine rings is 1. The fraction of sp³-hybridized carbons (Fsp3) is 0.682. The molecule has 0 saturated carbocycles. The van der Waals surface area contributed by atoms with Crippen LogP contribution in [-0.4, -0.2) is 72.5 Å². The van der Waals surface area contributed by atoms with Crippen molar-refractivity contribution in [3.05, 3.63) is 35.1 Å². The van der Waals surface area contributed by atoms with Gasteiger partial charge in [-0.05, 0) is 62.8 Å². The van der Waals surface area contributed by atoms with Crippen molar-refractivity contribution in [1.82, 2.24) is 14.7 Å². The summed E-state index contributed by atoms with van der Waals surface area (Å²) >= 11 is 0. The molecule has 1 aromatic carbocycles. The Labute approximate surface area is 162 Å². The molecular weight excluding hydrogens is 341 g/mol. The second-order valence-corrected chi connectivity index (χ2v) is 8.76. The van der Waals surface area contributed by atoms with Crippen molar-refractivity contribution >= 4 is 5.91 Å². The van der Waals surface area contributed by atoms with Crippen molar-refractivity contribution in [1.29, 1.82) is 0 Å². The van der Waals surface area contributed by atoms with Gasteiger partial charge < -0.3 is 14.7 Å². The van der Waals surface area contributed by atoms with Crippen molar-refractivity contribution in [2.45, 2.75) is 57.0 Å². The number of rotatable bonds is 4. The highest BCUT2D eigenvalue weighted by atomic mass is 19.1. The first-order valence-corrected chi connectivity index (χ1v) is 10.5. The van der Waals surface area contributed by atoms with Crippen LogP contribution in [-0.2, 0) is 4.79 Å². The van der Waals surface area contributed by atoms with Crippen LogP contribution in [0.1, 0.15) is 49.1 Å². The summed E-state index contributed by atoms with van der Waals surface area (Å²) in [6, 6.07) is 6.29. The number of fused-ring (bicyclic) bond motifs is 2. The van der Waals surface area contributed by atoms with Crippen LogP contribution < -0.4 is 0 Å². The maximum absolute atomic E-state index is 13.6. The van der Waals surface area contributed by atoms with Crippen molar-refractivity contribution < 1.29 is 9.18 Å². The molecule has 4 nitrogen and oxygen atoms in total. The first kappa shape index (κ1) is 18.9. The highest BCUT2D eigenvalue weighted by Crippen LogP contribution is 2.43. The monoisotopic (exact) mass is 373 g/mol. The number of amides is 1. The molecule has 3 atom stereocenters. The maximum atomic E-state index is 13.6. The minimum Gasteiger partial charge on any atom is -0.337 e. The Hall–Kier alpha value is -1.46. The normalized spacial score (nSPS) is 29.3. The molecule has 3 fully saturated rings. The first-order valence-electron chi connectivity index (χ1n) is 10.5. The molecule has 4 rings (SSSR count). The van der Waals surface area contributed by atoms with Crippen molar-refractivity contribution in [2.75, 3.05) is 39.8 Å². The summed E-state index contributed by atoms with van der Waals surface area (Å²) in [7, 11) is 2.16. The molecule has 1 unspecified atom stereocenters. The fourth-order valence-electron chi connectivity index (χ4n) is 5.23. The second-order valence-electron chi connectivity index (χ2n) is 8.76. The van der Waals surface area contributed by atoms with Crippen LogP contribution in [0.25, 0.3) is 0 Å². The van der Waals surface area contributed by atoms with Gasteiger partial charge in [0.2, 0.25) is 5.91 Å². The lowest BCUT2D eigenvalue weighted by Crippen LogP contribution is -2.48. The van der Waals surface area contributed by atoms with Crippen molar-refractivity contribution in [3.8, 4) is 0 Å². The Bertz CT molecular complexity index is 672. The molecule has 2 bridgehead atoms. The molecule has 1 aromatic rings. The molecule has 0 aromatic heterocycles. The molecule has 3 aliphatic rings. The van der Waals surface area contributed by atoms with E-state index in [1.54, 1.807) is 6.07 Å². The zero-order valence-electron chi connectivity index (χ0n) is 16.7. The van der Waals surface area contributed by atoms with E-state index in [1.165, 1.54) is 5.56 Å². The summed E-state index contributed by atoms with van der Waals surface area (Å²) < 4.78 is 13.6. The van der Waals surface area contributed by atoms with Crippen LogP contribution in [0.15, 0.2) is 18.2 Å². The Morgan fingerprint density at radius 3 is 2.41 bits per heavy atom. The zero-order valence-corrected chi connectivity index (χ0v) is 16.7. The number of hydrogen-bond donors (Lipinski definition) is 0. The lowest BCUT2D eigenvalue weighted by atomic mass is 9.84. The molecule has 1 amide bonds. The summed E-state index contributed by atoms with van der Waals surface area (Å²) in [5.74, 6) is 0.678. The van der Waals surface area contributed by atoms with Gasteiger partial charge in [-0.15, -0.1) is 0 Å². The Kier molecular flexibility index (Phi) is 5.51. The molecule has 0 radical (unpaired) electrons. The lowest BCUT2D eigenvalue weighted by molar-refractivity contribution is -0.136. The van der Waals surface area contributed by atoms with E-state index in [0.29, 0.717) is 30.3 Å². The van der Waals surface area contributed by atoms with Crippen molar-refractivity contribution in [2.24, 2.45) is 0 Å². The number of carbonyl (C=O) groups excluding carboxylic acids is 1. The topological polar surface area (TPSA) is 26.8 Å². The molecule has 0 spiro atoms. The second kappa shape index (κ2) is 7.88. The molecule has 0 N–H and O–H groups in total. The largest absolute Gasteiger partial charge is 0.337 e. The third-order valence-corrected chi connectivity index (χ3v) is 6.91. The van der Waals surface area contributed by atoms with Crippen LogP contribution in [0.3, 0.4) is 0 Å². The number of carbonyl (C=O) groups is 1. The number of aryl methyl sites for hydroxylation is 1. The number of piperidine rings is 1. The molecule has 148 valence electrons. The maximum Gasteiger partial charge on any atom is 0.224 e. The van der Waals surface area contributed by atoms with Gasteiger partial charge in [0.05, 0.1) is 0 Å². The molecule has 5 heteroatoms. The summed E-state index contributed by atoms with van der Waals surface area (Å²) in [6.07, 6.45) is 4.96. The van der Waals surface area contributed by atoms with E-state index in [-0.39, 0.29) is 5.82 Å². The van der Waals surface area contributed by atoms with E-state index in [4.69, 9.17) is 0 Å². The quantitative estimate of drug-likeness (QED) is 0.812. The standard InChI is InChI=1S/C22H32FN3O/c1-16-13-17(3-6-21(16)23)18-14-19-4-5-20(15-18)26(19)22(27)7-8-25-11-9-24(2)10-12-25/h3,6,13,18-20H,4-5,7-12,14-15H2,1-2H3/t18?,19-,20+. The van der Waals surface area contributed by atoms with Crippen LogP contribution in [0.4, 0.5) is 4.39 Å². The van der Waals surface area contributed by atoms with E-state index in [1.807, 2.05) is 19.1 Å². The van der Waals surface area contributed by atoms with Crippen molar-refractivity contribution in [3.63, 3.8) is 0 Å². The predicted octanol–water partition coefficient (Wildman–Crippen LogP) is 3.01. The van der Waals surface area contributed by atoms with Gasteiger partial charge in [0.25, 0.3) is 0 Å². The number of benzene rings is 1. The van der Waals surface area contributed by atoms with E-state index in [9.17, 15) is 9.18 Å². The summed E-state index contributed by atoms with van der Waals surface area (Å²) in [6.45, 7) is 7.07. The minimum absolute atomic E-state index is 0.127. The Morgan fingerprint density at radius 1 is 1.11 bits per heavy atom. The minimum atomic E-state index is -0.127. The van der Waals surface area contributed by atoms with E-state index in [2.05, 4.69) is 21.7 Å². The molecule has 0 aliphatic carbocycles. The number of likely N-dealkylation sites (N-methyl/N-ethyl adjacent to an activating group) is 1. The predicted molar refractivity (Wildman–Crippen MR) is 105 cm³/mol. The molecule has 3 heterocycles. The summed E-state index contributed by atoms with van der Waals surface area (Å²) in [4.78, 5) is 19.9. The van der Waals surface area contributed by atoms with Gasteiger partial charge in [-0.25, -0.2) is 4.39 Å². The number of halogens is 1. The Morgan fingerprint density at radius 2 is 1.78 bits per heavy atom. The number of hydrogen-bond acceptors (Lipinski definition) is 3.